The topological polar surface area (TPSA) is 82.6 Å². The van der Waals surface area contributed by atoms with Crippen molar-refractivity contribution in [3.05, 3.63) is 155 Å². The SMILES string of the molecule is C.c1ccc(C(NCc2ccc(CN(Cc3nc4ccccc4[nH]3)C3CCCc4cccnc43)cc2)c2ccccn2)nc1. The molecule has 7 heteroatoms. The minimum atomic E-state index is -0.0831. The normalized spacial score (nSPS) is 14.5. The first kappa shape index (κ1) is 29.4. The number of para-hydroxylation sites is 2. The van der Waals surface area contributed by atoms with E-state index in [2.05, 4.69) is 79.8 Å². The summed E-state index contributed by atoms with van der Waals surface area (Å²) in [5.74, 6) is 0.986. The second-order valence-electron chi connectivity index (χ2n) is 11.2. The molecule has 7 nitrogen and oxygen atoms in total. The molecular weight excluding hydrogens is 542 g/mol. The number of aromatic amines is 1. The zero-order valence-electron chi connectivity index (χ0n) is 24.1. The maximum atomic E-state index is 4.91. The van der Waals surface area contributed by atoms with Crippen molar-refractivity contribution in [2.24, 2.45) is 0 Å². The number of imidazole rings is 1. The van der Waals surface area contributed by atoms with Crippen LogP contribution in [0.1, 0.15) is 71.9 Å². The summed E-state index contributed by atoms with van der Waals surface area (Å²) in [4.78, 5) is 25.1. The van der Waals surface area contributed by atoms with E-state index in [9.17, 15) is 0 Å². The molecule has 0 fully saturated rings. The van der Waals surface area contributed by atoms with Gasteiger partial charge in [0.1, 0.15) is 5.82 Å². The number of pyridine rings is 3. The number of fused-ring (bicyclic) bond motifs is 2. The van der Waals surface area contributed by atoms with Crippen molar-refractivity contribution in [3.8, 4) is 0 Å². The molecule has 0 bridgehead atoms. The second kappa shape index (κ2) is 13.7. The lowest BCUT2D eigenvalue weighted by Gasteiger charge is -2.34. The van der Waals surface area contributed by atoms with E-state index in [1.807, 2.05) is 61.1 Å². The van der Waals surface area contributed by atoms with Crippen LogP contribution >= 0.6 is 0 Å². The van der Waals surface area contributed by atoms with E-state index in [-0.39, 0.29) is 19.5 Å². The molecule has 1 unspecified atom stereocenters. The Balaban J connectivity index is 0.00000343. The molecule has 222 valence electrons. The second-order valence-corrected chi connectivity index (χ2v) is 11.2. The van der Waals surface area contributed by atoms with Gasteiger partial charge in [-0.05, 0) is 78.4 Å². The molecule has 0 radical (unpaired) electrons. The van der Waals surface area contributed by atoms with Crippen LogP contribution in [0, 0.1) is 0 Å². The molecule has 1 aliphatic carbocycles. The van der Waals surface area contributed by atoms with Gasteiger partial charge in [0.2, 0.25) is 0 Å². The van der Waals surface area contributed by atoms with Crippen molar-refractivity contribution < 1.29 is 0 Å². The van der Waals surface area contributed by atoms with Gasteiger partial charge in [0.25, 0.3) is 0 Å². The number of benzene rings is 2. The number of H-pyrrole nitrogens is 1. The third kappa shape index (κ3) is 6.59. The zero-order valence-corrected chi connectivity index (χ0v) is 24.1. The number of hydrogen-bond donors (Lipinski definition) is 2. The van der Waals surface area contributed by atoms with Crippen LogP contribution in [0.5, 0.6) is 0 Å². The predicted octanol–water partition coefficient (Wildman–Crippen LogP) is 7.34. The van der Waals surface area contributed by atoms with Gasteiger partial charge in [-0.25, -0.2) is 4.98 Å². The minimum absolute atomic E-state index is 0. The summed E-state index contributed by atoms with van der Waals surface area (Å²) in [5.41, 5.74) is 9.06. The zero-order chi connectivity index (χ0) is 28.8. The highest BCUT2D eigenvalue weighted by atomic mass is 15.2. The number of nitrogens with one attached hydrogen (secondary N) is 2. The Hall–Kier alpha value is -4.72. The van der Waals surface area contributed by atoms with Crippen LogP contribution in [-0.4, -0.2) is 29.8 Å². The largest absolute Gasteiger partial charge is 0.341 e. The molecular formula is C37H39N7. The average Bonchev–Trinajstić information content (AvgIpc) is 3.48. The number of hydrogen-bond acceptors (Lipinski definition) is 6. The minimum Gasteiger partial charge on any atom is -0.341 e. The molecule has 0 saturated heterocycles. The lowest BCUT2D eigenvalue weighted by Crippen LogP contribution is -2.31. The highest BCUT2D eigenvalue weighted by Crippen LogP contribution is 2.35. The Labute approximate surface area is 259 Å². The van der Waals surface area contributed by atoms with Crippen molar-refractivity contribution in [3.63, 3.8) is 0 Å². The van der Waals surface area contributed by atoms with Crippen LogP contribution < -0.4 is 5.32 Å². The summed E-state index contributed by atoms with van der Waals surface area (Å²) < 4.78 is 0. The fourth-order valence-corrected chi connectivity index (χ4v) is 6.16. The lowest BCUT2D eigenvalue weighted by atomic mass is 9.90. The molecule has 2 N–H and O–H groups in total. The van der Waals surface area contributed by atoms with Crippen molar-refractivity contribution in [2.75, 3.05) is 0 Å². The van der Waals surface area contributed by atoms with E-state index in [0.717, 1.165) is 60.6 Å². The van der Waals surface area contributed by atoms with E-state index in [1.165, 1.54) is 22.4 Å². The Bertz CT molecular complexity index is 1690. The van der Waals surface area contributed by atoms with E-state index >= 15 is 0 Å². The smallest absolute Gasteiger partial charge is 0.121 e. The van der Waals surface area contributed by atoms with E-state index < -0.39 is 0 Å². The number of aromatic nitrogens is 5. The Morgan fingerprint density at radius 1 is 0.750 bits per heavy atom. The van der Waals surface area contributed by atoms with Crippen LogP contribution in [0.25, 0.3) is 11.0 Å². The first-order chi connectivity index (χ1) is 21.3. The van der Waals surface area contributed by atoms with Crippen LogP contribution in [0.15, 0.2) is 116 Å². The van der Waals surface area contributed by atoms with Crippen LogP contribution in [-0.2, 0) is 26.1 Å². The van der Waals surface area contributed by atoms with Gasteiger partial charge in [-0.2, -0.15) is 0 Å². The average molecular weight is 582 g/mol. The van der Waals surface area contributed by atoms with Crippen LogP contribution in [0.3, 0.4) is 0 Å². The predicted molar refractivity (Wildman–Crippen MR) is 176 cm³/mol. The standard InChI is InChI=1S/C36H35N7.CH4/c1-2-12-30-29(11-1)41-34(42-30)25-43(33-15-7-9-28-10-8-22-39-35(28)33)24-27-18-16-26(17-19-27)23-40-36(31-13-3-5-20-37-31)32-14-4-6-21-38-32;/h1-6,8,10-14,16-22,33,36,40H,7,9,15,23-25H2,(H,41,42);1H4. The highest BCUT2D eigenvalue weighted by molar-refractivity contribution is 5.74. The quantitative estimate of drug-likeness (QED) is 0.176. The van der Waals surface area contributed by atoms with Gasteiger partial charge in [0.15, 0.2) is 0 Å². The fraction of sp³-hybridized carbons (Fsp3) is 0.243. The van der Waals surface area contributed by atoms with Gasteiger partial charge in [-0.3, -0.25) is 25.2 Å². The van der Waals surface area contributed by atoms with Gasteiger partial charge in [0, 0.05) is 31.7 Å². The van der Waals surface area contributed by atoms with Crippen molar-refractivity contribution in [2.45, 2.75) is 58.4 Å². The Morgan fingerprint density at radius 2 is 1.45 bits per heavy atom. The number of aryl methyl sites for hydroxylation is 1. The summed E-state index contributed by atoms with van der Waals surface area (Å²) >= 11 is 0. The Morgan fingerprint density at radius 3 is 2.18 bits per heavy atom. The molecule has 6 aromatic rings. The van der Waals surface area contributed by atoms with Gasteiger partial charge in [-0.15, -0.1) is 0 Å². The molecule has 0 aliphatic heterocycles. The molecule has 7 rings (SSSR count). The molecule has 1 aliphatic rings. The molecule has 4 heterocycles. The van der Waals surface area contributed by atoms with E-state index in [1.54, 1.807) is 0 Å². The third-order valence-electron chi connectivity index (χ3n) is 8.28. The highest BCUT2D eigenvalue weighted by Gasteiger charge is 2.28. The van der Waals surface area contributed by atoms with Gasteiger partial charge < -0.3 is 4.98 Å². The van der Waals surface area contributed by atoms with Crippen molar-refractivity contribution >= 4 is 11.0 Å². The van der Waals surface area contributed by atoms with E-state index in [4.69, 9.17) is 9.97 Å². The number of rotatable bonds is 10. The summed E-state index contributed by atoms with van der Waals surface area (Å²) in [6, 6.07) is 33.7. The summed E-state index contributed by atoms with van der Waals surface area (Å²) in [5, 5.41) is 3.68. The lowest BCUT2D eigenvalue weighted by molar-refractivity contribution is 0.153. The summed E-state index contributed by atoms with van der Waals surface area (Å²) in [6.45, 7) is 2.26. The first-order valence-corrected chi connectivity index (χ1v) is 15.0. The molecule has 4 aromatic heterocycles. The molecule has 0 saturated carbocycles. The van der Waals surface area contributed by atoms with Gasteiger partial charge >= 0.3 is 0 Å². The molecule has 0 spiro atoms. The molecule has 1 atom stereocenters. The molecule has 44 heavy (non-hydrogen) atoms. The van der Waals surface area contributed by atoms with Crippen LogP contribution in [0.4, 0.5) is 0 Å². The van der Waals surface area contributed by atoms with Gasteiger partial charge in [0.05, 0.1) is 46.7 Å². The molecule has 2 aromatic carbocycles. The Kier molecular flexibility index (Phi) is 9.15. The summed E-state index contributed by atoms with van der Waals surface area (Å²) in [7, 11) is 0. The maximum Gasteiger partial charge on any atom is 0.121 e. The summed E-state index contributed by atoms with van der Waals surface area (Å²) in [6.07, 6.45) is 8.95. The van der Waals surface area contributed by atoms with E-state index in [0.29, 0.717) is 6.54 Å². The molecule has 0 amide bonds. The van der Waals surface area contributed by atoms with Gasteiger partial charge in [-0.1, -0.05) is 62.0 Å². The fourth-order valence-electron chi connectivity index (χ4n) is 6.16. The van der Waals surface area contributed by atoms with Crippen molar-refractivity contribution in [1.82, 2.24) is 35.1 Å². The monoisotopic (exact) mass is 581 g/mol. The van der Waals surface area contributed by atoms with Crippen LogP contribution in [0.2, 0.25) is 0 Å². The third-order valence-corrected chi connectivity index (χ3v) is 8.28. The first-order valence-electron chi connectivity index (χ1n) is 15.0. The van der Waals surface area contributed by atoms with Crippen molar-refractivity contribution in [1.29, 1.82) is 0 Å². The maximum absolute atomic E-state index is 4.91. The number of nitrogens with zero attached hydrogens (tertiary/aromatic N) is 5.